The minimum absolute atomic E-state index is 0.0249. The Bertz CT molecular complexity index is 3330. The number of hydrogen-bond acceptors (Lipinski definition) is 20. The minimum Gasteiger partial charge on any atom is -0.481 e. The number of carbonyl (C=O) groups is 18. The van der Waals surface area contributed by atoms with Crippen molar-refractivity contribution in [2.24, 2.45) is 46.8 Å². The van der Waals surface area contributed by atoms with Crippen molar-refractivity contribution in [2.45, 2.75) is 283 Å². The Morgan fingerprint density at radius 3 is 1.17 bits per heavy atom. The Balaban J connectivity index is 1.43. The summed E-state index contributed by atoms with van der Waals surface area (Å²) in [4.78, 5) is 249. The number of nitrogens with zero attached hydrogens (tertiary/aromatic N) is 4. The van der Waals surface area contributed by atoms with Gasteiger partial charge in [0.05, 0.1) is 12.5 Å². The maximum absolute atomic E-state index is 14.7. The lowest BCUT2D eigenvalue weighted by Gasteiger charge is -2.33. The number of primary amides is 1. The Kier molecular flexibility index (Phi) is 36.8. The third-order valence-electron chi connectivity index (χ3n) is 20.1. The maximum Gasteiger partial charge on any atom is 0.326 e. The fraction of sp³-hybridized carbons (Fsp3) is 0.750. The van der Waals surface area contributed by atoms with Gasteiger partial charge in [0.15, 0.2) is 0 Å². The average molecular weight is 1560 g/mol. The van der Waals surface area contributed by atoms with Gasteiger partial charge in [-0.2, -0.15) is 0 Å². The number of nitrogens with one attached hydrogen (secondary N) is 10. The number of aliphatic carboxylic acids is 3. The highest BCUT2D eigenvalue weighted by Gasteiger charge is 2.46. The van der Waals surface area contributed by atoms with Gasteiger partial charge >= 0.3 is 17.9 Å². The Morgan fingerprint density at radius 2 is 0.755 bits per heavy atom. The number of carbonyl (C=O) groups excluding carboxylic acids is 15. The Morgan fingerprint density at radius 1 is 0.373 bits per heavy atom. The van der Waals surface area contributed by atoms with Crippen molar-refractivity contribution in [3.63, 3.8) is 0 Å². The molecule has 0 bridgehead atoms. The van der Waals surface area contributed by atoms with Gasteiger partial charge in [-0.15, -0.1) is 0 Å². The predicted octanol–water partition coefficient (Wildman–Crippen LogP) is -3.35. The molecule has 38 heteroatoms. The van der Waals surface area contributed by atoms with E-state index in [1.54, 1.807) is 69.2 Å². The number of amides is 15. The second-order valence-corrected chi connectivity index (χ2v) is 30.8. The molecule has 4 aliphatic heterocycles. The summed E-state index contributed by atoms with van der Waals surface area (Å²) in [5.41, 5.74) is 17.2. The molecule has 15 atom stereocenters. The third kappa shape index (κ3) is 27.1. The van der Waals surface area contributed by atoms with E-state index < -0.39 is 241 Å². The molecule has 4 saturated heterocycles. The zero-order valence-corrected chi connectivity index (χ0v) is 65.3. The molecule has 4 heterocycles. The molecule has 19 N–H and O–H groups in total. The van der Waals surface area contributed by atoms with Crippen molar-refractivity contribution in [3.8, 4) is 0 Å². The van der Waals surface area contributed by atoms with Crippen LogP contribution in [-0.4, -0.2) is 265 Å². The van der Waals surface area contributed by atoms with E-state index in [-0.39, 0.29) is 88.9 Å². The summed E-state index contributed by atoms with van der Waals surface area (Å²) in [5.74, 6) is -18.4. The van der Waals surface area contributed by atoms with Crippen LogP contribution in [0, 0.1) is 29.6 Å². The van der Waals surface area contributed by atoms with Gasteiger partial charge < -0.3 is 105 Å². The first-order valence-electron chi connectivity index (χ1n) is 38.2. The Hall–Kier alpha value is -9.62. The molecule has 0 spiro atoms. The van der Waals surface area contributed by atoms with E-state index in [9.17, 15) is 102 Å². The molecule has 0 unspecified atom stereocenters. The molecule has 38 nitrogen and oxygen atoms in total. The van der Waals surface area contributed by atoms with E-state index >= 15 is 0 Å². The third-order valence-corrected chi connectivity index (χ3v) is 20.1. The number of nitrogens with two attached hydrogens (primary N) is 3. The number of rotatable bonds is 43. The summed E-state index contributed by atoms with van der Waals surface area (Å²) in [6.07, 6.45) is -0.0575. The highest BCUT2D eigenvalue weighted by atomic mass is 16.4. The molecule has 0 aromatic rings. The first kappa shape index (κ1) is 92.8. The van der Waals surface area contributed by atoms with Crippen LogP contribution in [0.15, 0.2) is 0 Å². The topological polar surface area (TPSA) is 579 Å². The van der Waals surface area contributed by atoms with Crippen LogP contribution in [0.2, 0.25) is 0 Å². The lowest BCUT2D eigenvalue weighted by molar-refractivity contribution is -0.147. The van der Waals surface area contributed by atoms with Gasteiger partial charge in [0.25, 0.3) is 0 Å². The normalized spacial score (nSPS) is 20.0. The number of carboxylic acid groups (broad SMARTS) is 3. The van der Waals surface area contributed by atoms with Gasteiger partial charge in [0.2, 0.25) is 88.6 Å². The number of likely N-dealkylation sites (tertiary alicyclic amines) is 4. The maximum atomic E-state index is 14.7. The van der Waals surface area contributed by atoms with E-state index in [4.69, 9.17) is 17.2 Å². The molecule has 15 amide bonds. The molecular formula is C72H119N17O21. The zero-order chi connectivity index (χ0) is 82.9. The summed E-state index contributed by atoms with van der Waals surface area (Å²) in [6.45, 7) is 20.4. The zero-order valence-electron chi connectivity index (χ0n) is 65.3. The predicted molar refractivity (Wildman–Crippen MR) is 394 cm³/mol. The second kappa shape index (κ2) is 43.7. The van der Waals surface area contributed by atoms with Gasteiger partial charge in [0.1, 0.15) is 84.6 Å². The van der Waals surface area contributed by atoms with Gasteiger partial charge in [0, 0.05) is 39.0 Å². The number of unbranched alkanes of at least 4 members (excludes halogenated alkanes) is 1. The fourth-order valence-corrected chi connectivity index (χ4v) is 13.6. The van der Waals surface area contributed by atoms with E-state index in [0.717, 1.165) is 4.90 Å². The van der Waals surface area contributed by atoms with Crippen molar-refractivity contribution >= 4 is 107 Å². The van der Waals surface area contributed by atoms with Crippen molar-refractivity contribution in [2.75, 3.05) is 32.7 Å². The van der Waals surface area contributed by atoms with Crippen molar-refractivity contribution in [1.82, 2.24) is 72.8 Å². The van der Waals surface area contributed by atoms with Crippen molar-refractivity contribution < 1.29 is 102 Å². The molecule has 110 heavy (non-hydrogen) atoms. The molecule has 0 saturated carbocycles. The van der Waals surface area contributed by atoms with Crippen LogP contribution in [-0.2, 0) is 86.3 Å². The van der Waals surface area contributed by atoms with Crippen LogP contribution in [0.1, 0.15) is 192 Å². The highest BCUT2D eigenvalue weighted by Crippen LogP contribution is 2.27. The summed E-state index contributed by atoms with van der Waals surface area (Å²) in [6, 6.07) is -19.4. The molecule has 618 valence electrons. The van der Waals surface area contributed by atoms with Crippen LogP contribution in [0.25, 0.3) is 0 Å². The molecule has 4 aliphatic rings. The smallest absolute Gasteiger partial charge is 0.326 e. The summed E-state index contributed by atoms with van der Waals surface area (Å²) >= 11 is 0. The van der Waals surface area contributed by atoms with Crippen LogP contribution in [0.4, 0.5) is 0 Å². The van der Waals surface area contributed by atoms with E-state index in [1.165, 1.54) is 28.5 Å². The van der Waals surface area contributed by atoms with E-state index in [0.29, 0.717) is 38.6 Å². The van der Waals surface area contributed by atoms with Gasteiger partial charge in [-0.3, -0.25) is 81.5 Å². The lowest BCUT2D eigenvalue weighted by Crippen LogP contribution is -2.61. The molecule has 0 aliphatic carbocycles. The lowest BCUT2D eigenvalue weighted by atomic mass is 9.98. The van der Waals surface area contributed by atoms with E-state index in [1.807, 2.05) is 5.32 Å². The standard InChI is InChI=1S/C72H119N17O21/c1-35(2)33-45(62(99)83-55(37(5)6)67(104)79-42(19-13-14-28-73)60(97)78-43(24-26-51(74)90)61(98)82-46(72(109)110)34-53(93)94)81-64(101)48-21-18-32-89(48)71(108)57(39(9)10)84-65(102)49-22-15-29-86(49)68(105)44(25-27-52(91)92)80-59(96)41(12)76-58(95)40(11)77-63(100)47-20-17-31-88(47)70(107)56(38(7)8)85-66(103)50-23-16-30-87(50)69(106)54(75)36(3)4/h35-50,54-57H,13-34,73,75H2,1-12H3,(H2,74,90)(H,76,95)(H,77,100)(H,78,97)(H,79,104)(H,80,96)(H,81,101)(H,82,98)(H,83,99)(H,84,102)(H,85,103)(H,91,92)(H,93,94)(H,109,110)/t40-,41-,42-,43-,44-,45-,46-,47-,48-,49-,50-,54-,55-,56-,57-/m0/s1. The van der Waals surface area contributed by atoms with Gasteiger partial charge in [-0.25, -0.2) is 4.79 Å². The quantitative estimate of drug-likeness (QED) is 0.0265. The molecule has 4 fully saturated rings. The number of carboxylic acids is 3. The minimum atomic E-state index is -1.93. The first-order chi connectivity index (χ1) is 51.5. The van der Waals surface area contributed by atoms with Crippen LogP contribution in [0.5, 0.6) is 0 Å². The SMILES string of the molecule is CC(C)C[C@H](NC(=O)[C@@H]1CCCN1C(=O)[C@@H](NC(=O)[C@@H]1CCCN1C(=O)[C@H](CCC(=O)O)NC(=O)[C@H](C)NC(=O)[C@H](C)NC(=O)[C@@H]1CCCN1C(=O)[C@@H](NC(=O)[C@@H]1CCCN1C(=O)[C@@H](N)C(C)C)C(C)C)C(C)C)C(=O)N[C@H](C(=O)N[C@@H](CCCCN)C(=O)N[C@@H](CCC(N)=O)C(=O)N[C@@H](CC(=O)O)C(=O)O)C(C)C. The monoisotopic (exact) mass is 1560 g/mol. The number of hydrogen-bond donors (Lipinski definition) is 16. The molecular weight excluding hydrogens is 1440 g/mol. The summed E-state index contributed by atoms with van der Waals surface area (Å²) in [5, 5.41) is 54.2. The molecule has 0 aromatic heterocycles. The molecule has 0 aromatic carbocycles. The van der Waals surface area contributed by atoms with Crippen molar-refractivity contribution in [3.05, 3.63) is 0 Å². The Labute approximate surface area is 640 Å². The van der Waals surface area contributed by atoms with Crippen LogP contribution >= 0.6 is 0 Å². The fourth-order valence-electron chi connectivity index (χ4n) is 13.6. The van der Waals surface area contributed by atoms with E-state index in [2.05, 4.69) is 47.9 Å². The van der Waals surface area contributed by atoms with Gasteiger partial charge in [-0.05, 0) is 140 Å². The summed E-state index contributed by atoms with van der Waals surface area (Å²) in [7, 11) is 0. The highest BCUT2D eigenvalue weighted by molar-refractivity contribution is 6.01. The van der Waals surface area contributed by atoms with Crippen LogP contribution in [0.3, 0.4) is 0 Å². The van der Waals surface area contributed by atoms with Gasteiger partial charge in [-0.1, -0.05) is 69.2 Å². The largest absolute Gasteiger partial charge is 0.481 e. The summed E-state index contributed by atoms with van der Waals surface area (Å²) < 4.78 is 0. The molecule has 0 radical (unpaired) electrons. The average Bonchev–Trinajstić information content (AvgIpc) is 1.62. The first-order valence-corrected chi connectivity index (χ1v) is 38.2. The van der Waals surface area contributed by atoms with Crippen molar-refractivity contribution in [1.29, 1.82) is 0 Å². The second-order valence-electron chi connectivity index (χ2n) is 30.8. The molecule has 4 rings (SSSR count). The van der Waals surface area contributed by atoms with Crippen LogP contribution < -0.4 is 70.4 Å².